The summed E-state index contributed by atoms with van der Waals surface area (Å²) in [6.07, 6.45) is 5.51. The molecule has 2 fully saturated rings. The molecule has 0 saturated carbocycles. The fourth-order valence-corrected chi connectivity index (χ4v) is 2.08. The van der Waals surface area contributed by atoms with Crippen LogP contribution in [0.1, 0.15) is 33.1 Å². The van der Waals surface area contributed by atoms with Gasteiger partial charge in [-0.25, -0.2) is 0 Å². The van der Waals surface area contributed by atoms with Gasteiger partial charge in [0.05, 0.1) is 0 Å². The van der Waals surface area contributed by atoms with Crippen LogP contribution in [0.5, 0.6) is 0 Å². The average molecular weight is 210 g/mol. The highest BCUT2D eigenvalue weighted by atomic mass is 16.1. The van der Waals surface area contributed by atoms with Crippen LogP contribution in [0.4, 0.5) is 0 Å². The molecule has 0 aromatic heterocycles. The number of hydrogen-bond donors (Lipinski definition) is 1. The number of likely N-dealkylation sites (N-methyl/N-ethyl adjacent to an activating group) is 1. The molecular formula is C12H22N2O. The molecular weight excluding hydrogens is 188 g/mol. The van der Waals surface area contributed by atoms with Crippen LogP contribution in [0.2, 0.25) is 0 Å². The van der Waals surface area contributed by atoms with Crippen LogP contribution >= 0.6 is 0 Å². The summed E-state index contributed by atoms with van der Waals surface area (Å²) < 4.78 is 0. The molecule has 0 aliphatic carbocycles. The highest BCUT2D eigenvalue weighted by Gasteiger charge is 2.22. The van der Waals surface area contributed by atoms with E-state index in [1.54, 1.807) is 0 Å². The van der Waals surface area contributed by atoms with Crippen molar-refractivity contribution in [2.45, 2.75) is 39.2 Å². The Morgan fingerprint density at radius 2 is 2.20 bits per heavy atom. The van der Waals surface area contributed by atoms with Crippen molar-refractivity contribution in [3.05, 3.63) is 11.6 Å². The van der Waals surface area contributed by atoms with Gasteiger partial charge in [0.2, 0.25) is 5.91 Å². The predicted molar refractivity (Wildman–Crippen MR) is 62.7 cm³/mol. The lowest BCUT2D eigenvalue weighted by molar-refractivity contribution is -0.116. The molecule has 0 radical (unpaired) electrons. The molecule has 0 bridgehead atoms. The molecule has 2 rings (SSSR count). The third-order valence-corrected chi connectivity index (χ3v) is 2.94. The zero-order valence-electron chi connectivity index (χ0n) is 10.0. The largest absolute Gasteiger partial charge is 0.352 e. The van der Waals surface area contributed by atoms with E-state index in [9.17, 15) is 4.79 Å². The van der Waals surface area contributed by atoms with Crippen molar-refractivity contribution in [2.75, 3.05) is 20.1 Å². The Kier molecular flexibility index (Phi) is 4.82. The van der Waals surface area contributed by atoms with E-state index in [-0.39, 0.29) is 5.91 Å². The van der Waals surface area contributed by atoms with Gasteiger partial charge in [-0.1, -0.05) is 19.9 Å². The molecule has 2 saturated heterocycles. The summed E-state index contributed by atoms with van der Waals surface area (Å²) >= 11 is 0. The Bertz CT molecular complexity index is 248. The van der Waals surface area contributed by atoms with Crippen molar-refractivity contribution >= 4 is 5.91 Å². The SMILES string of the molecule is CC.CN1CCCC1/C=C1\CCNC1=O. The van der Waals surface area contributed by atoms with Crippen molar-refractivity contribution in [1.82, 2.24) is 10.2 Å². The molecule has 3 heteroatoms. The third-order valence-electron chi connectivity index (χ3n) is 2.94. The van der Waals surface area contributed by atoms with E-state index in [1.807, 2.05) is 13.8 Å². The number of hydrogen-bond acceptors (Lipinski definition) is 2. The molecule has 0 aromatic rings. The molecule has 1 N–H and O–H groups in total. The molecule has 2 aliphatic rings. The van der Waals surface area contributed by atoms with Gasteiger partial charge in [-0.3, -0.25) is 9.69 Å². The molecule has 1 atom stereocenters. The molecule has 1 unspecified atom stereocenters. The van der Waals surface area contributed by atoms with Crippen LogP contribution in [-0.2, 0) is 4.79 Å². The van der Waals surface area contributed by atoms with Gasteiger partial charge >= 0.3 is 0 Å². The average Bonchev–Trinajstić information content (AvgIpc) is 2.82. The molecule has 0 spiro atoms. The zero-order chi connectivity index (χ0) is 11.3. The van der Waals surface area contributed by atoms with Gasteiger partial charge in [0.25, 0.3) is 0 Å². The number of carbonyl (C=O) groups is 1. The van der Waals surface area contributed by atoms with Gasteiger partial charge in [-0.15, -0.1) is 0 Å². The van der Waals surface area contributed by atoms with Gasteiger partial charge in [0.15, 0.2) is 0 Å². The summed E-state index contributed by atoms with van der Waals surface area (Å²) in [5, 5.41) is 2.83. The smallest absolute Gasteiger partial charge is 0.247 e. The Morgan fingerprint density at radius 1 is 1.47 bits per heavy atom. The molecule has 86 valence electrons. The van der Waals surface area contributed by atoms with Crippen LogP contribution in [-0.4, -0.2) is 37.0 Å². The highest BCUT2D eigenvalue weighted by Crippen LogP contribution is 2.19. The number of likely N-dealkylation sites (tertiary alicyclic amines) is 1. The predicted octanol–water partition coefficient (Wildman–Crippen LogP) is 1.55. The molecule has 3 nitrogen and oxygen atoms in total. The molecule has 2 heterocycles. The summed E-state index contributed by atoms with van der Waals surface area (Å²) in [6, 6.07) is 0.499. The first-order valence-corrected chi connectivity index (χ1v) is 5.96. The Balaban J connectivity index is 0.000000531. The van der Waals surface area contributed by atoms with E-state index in [2.05, 4.69) is 23.3 Å². The number of amides is 1. The van der Waals surface area contributed by atoms with Gasteiger partial charge < -0.3 is 5.32 Å². The molecule has 15 heavy (non-hydrogen) atoms. The Hall–Kier alpha value is -0.830. The lowest BCUT2D eigenvalue weighted by Crippen LogP contribution is -2.24. The van der Waals surface area contributed by atoms with Crippen molar-refractivity contribution in [2.24, 2.45) is 0 Å². The van der Waals surface area contributed by atoms with Crippen LogP contribution in [0, 0.1) is 0 Å². The second-order valence-corrected chi connectivity index (χ2v) is 3.89. The molecule has 0 aromatic carbocycles. The van der Waals surface area contributed by atoms with Gasteiger partial charge in [0, 0.05) is 18.2 Å². The quantitative estimate of drug-likeness (QED) is 0.666. The summed E-state index contributed by atoms with van der Waals surface area (Å²) in [5.74, 6) is 0.139. The van der Waals surface area contributed by atoms with E-state index in [0.717, 1.165) is 25.1 Å². The second kappa shape index (κ2) is 5.91. The lowest BCUT2D eigenvalue weighted by Gasteiger charge is -2.15. The summed E-state index contributed by atoms with van der Waals surface area (Å²) in [4.78, 5) is 13.6. The first-order valence-electron chi connectivity index (χ1n) is 5.96. The second-order valence-electron chi connectivity index (χ2n) is 3.89. The summed E-state index contributed by atoms with van der Waals surface area (Å²) in [7, 11) is 2.13. The Labute approximate surface area is 92.5 Å². The van der Waals surface area contributed by atoms with Crippen molar-refractivity contribution in [3.63, 3.8) is 0 Å². The zero-order valence-corrected chi connectivity index (χ0v) is 10.0. The van der Waals surface area contributed by atoms with Crippen LogP contribution < -0.4 is 5.32 Å². The van der Waals surface area contributed by atoms with Crippen molar-refractivity contribution < 1.29 is 4.79 Å². The van der Waals surface area contributed by atoms with Crippen molar-refractivity contribution in [3.8, 4) is 0 Å². The first kappa shape index (κ1) is 12.2. The van der Waals surface area contributed by atoms with Gasteiger partial charge in [-0.05, 0) is 32.9 Å². The standard InChI is InChI=1S/C10H16N2O.C2H6/c1-12-6-2-3-9(12)7-8-4-5-11-10(8)13;1-2/h7,9H,2-6H2,1H3,(H,11,13);1-2H3/b8-7+;. The number of nitrogens with one attached hydrogen (secondary N) is 1. The lowest BCUT2D eigenvalue weighted by atomic mass is 10.1. The van der Waals surface area contributed by atoms with E-state index in [0.29, 0.717) is 6.04 Å². The minimum absolute atomic E-state index is 0.139. The topological polar surface area (TPSA) is 32.3 Å². The van der Waals surface area contributed by atoms with E-state index < -0.39 is 0 Å². The van der Waals surface area contributed by atoms with Crippen LogP contribution in [0.15, 0.2) is 11.6 Å². The fourth-order valence-electron chi connectivity index (χ4n) is 2.08. The summed E-state index contributed by atoms with van der Waals surface area (Å²) in [5.41, 5.74) is 0.985. The maximum atomic E-state index is 11.3. The highest BCUT2D eigenvalue weighted by molar-refractivity contribution is 5.95. The monoisotopic (exact) mass is 210 g/mol. The van der Waals surface area contributed by atoms with Crippen LogP contribution in [0.3, 0.4) is 0 Å². The number of carbonyl (C=O) groups excluding carboxylic acids is 1. The molecule has 2 aliphatic heterocycles. The fraction of sp³-hybridized carbons (Fsp3) is 0.750. The number of nitrogens with zero attached hydrogens (tertiary/aromatic N) is 1. The maximum absolute atomic E-state index is 11.3. The first-order chi connectivity index (χ1) is 7.27. The minimum Gasteiger partial charge on any atom is -0.352 e. The van der Waals surface area contributed by atoms with E-state index >= 15 is 0 Å². The number of rotatable bonds is 1. The van der Waals surface area contributed by atoms with E-state index in [4.69, 9.17) is 0 Å². The maximum Gasteiger partial charge on any atom is 0.247 e. The minimum atomic E-state index is 0.139. The van der Waals surface area contributed by atoms with E-state index in [1.165, 1.54) is 12.8 Å². The van der Waals surface area contributed by atoms with Gasteiger partial charge in [-0.2, -0.15) is 0 Å². The van der Waals surface area contributed by atoms with Gasteiger partial charge in [0.1, 0.15) is 0 Å². The molecule has 1 amide bonds. The van der Waals surface area contributed by atoms with Crippen molar-refractivity contribution in [1.29, 1.82) is 0 Å². The van der Waals surface area contributed by atoms with Crippen LogP contribution in [0.25, 0.3) is 0 Å². The summed E-state index contributed by atoms with van der Waals surface area (Å²) in [6.45, 7) is 5.98. The Morgan fingerprint density at radius 3 is 2.67 bits per heavy atom. The normalized spacial score (nSPS) is 28.9. The third kappa shape index (κ3) is 3.06.